The second-order valence-corrected chi connectivity index (χ2v) is 11.0. The summed E-state index contributed by atoms with van der Waals surface area (Å²) in [5, 5.41) is 0. The molecular weight excluding hydrogens is 412 g/mol. The highest BCUT2D eigenvalue weighted by atomic mass is 32.2. The molecule has 1 saturated carbocycles. The van der Waals surface area contributed by atoms with Crippen molar-refractivity contribution < 1.29 is 16.8 Å². The summed E-state index contributed by atoms with van der Waals surface area (Å²) in [4.78, 5) is 6.68. The van der Waals surface area contributed by atoms with Gasteiger partial charge in [0.15, 0.2) is 0 Å². The Hall–Kier alpha value is -1.85. The van der Waals surface area contributed by atoms with Crippen molar-refractivity contribution in [2.75, 3.05) is 26.2 Å². The largest absolute Gasteiger partial charge is 0.295 e. The molecule has 1 aliphatic carbocycles. The fraction of sp³-hybridized carbons (Fsp3) is 0.421. The van der Waals surface area contributed by atoms with Gasteiger partial charge in [0.2, 0.25) is 20.0 Å². The normalized spacial score (nSPS) is 19.3. The summed E-state index contributed by atoms with van der Waals surface area (Å²) in [7, 11) is -7.25. The van der Waals surface area contributed by atoms with Crippen LogP contribution in [0.15, 0.2) is 58.5 Å². The van der Waals surface area contributed by atoms with E-state index in [0.29, 0.717) is 32.7 Å². The highest BCUT2D eigenvalue weighted by Gasteiger charge is 2.30. The van der Waals surface area contributed by atoms with Gasteiger partial charge in [-0.05, 0) is 49.2 Å². The number of piperazine rings is 1. The molecule has 29 heavy (non-hydrogen) atoms. The number of benzene rings is 1. The Labute approximate surface area is 171 Å². The second kappa shape index (κ2) is 8.11. The Balaban J connectivity index is 1.39. The predicted octanol–water partition coefficient (Wildman–Crippen LogP) is 1.03. The highest BCUT2D eigenvalue weighted by Crippen LogP contribution is 2.24. The summed E-state index contributed by atoms with van der Waals surface area (Å²) < 4.78 is 54.4. The lowest BCUT2D eigenvalue weighted by Gasteiger charge is -2.33. The van der Waals surface area contributed by atoms with E-state index in [0.717, 1.165) is 18.5 Å². The molecule has 0 bridgehead atoms. The molecule has 1 aromatic carbocycles. The SMILES string of the molecule is O=S(=O)(NC1CC1)c1ccc(S(=O)(=O)N2CCN(Cc3ccccn3)CC2)cc1. The minimum atomic E-state index is -3.66. The molecular formula is C19H24N4O4S2. The molecule has 2 aromatic rings. The van der Waals surface area contributed by atoms with E-state index < -0.39 is 20.0 Å². The van der Waals surface area contributed by atoms with Gasteiger partial charge in [-0.1, -0.05) is 6.07 Å². The van der Waals surface area contributed by atoms with Crippen LogP contribution in [-0.2, 0) is 26.6 Å². The van der Waals surface area contributed by atoms with Crippen molar-refractivity contribution in [2.45, 2.75) is 35.2 Å². The average molecular weight is 437 g/mol. The zero-order valence-electron chi connectivity index (χ0n) is 15.9. The Bertz CT molecular complexity index is 1050. The number of nitrogens with one attached hydrogen (secondary N) is 1. The van der Waals surface area contributed by atoms with Crippen LogP contribution in [0.2, 0.25) is 0 Å². The van der Waals surface area contributed by atoms with Crippen LogP contribution in [0.25, 0.3) is 0 Å². The minimum Gasteiger partial charge on any atom is -0.295 e. The van der Waals surface area contributed by atoms with E-state index in [1.54, 1.807) is 6.20 Å². The van der Waals surface area contributed by atoms with Gasteiger partial charge in [0.25, 0.3) is 0 Å². The van der Waals surface area contributed by atoms with E-state index in [1.165, 1.54) is 28.6 Å². The summed E-state index contributed by atoms with van der Waals surface area (Å²) in [6.07, 6.45) is 3.44. The number of rotatable bonds is 7. The molecule has 2 heterocycles. The maximum atomic E-state index is 12.9. The molecule has 0 amide bonds. The van der Waals surface area contributed by atoms with Crippen molar-refractivity contribution in [3.8, 4) is 0 Å². The van der Waals surface area contributed by atoms with Gasteiger partial charge in [-0.2, -0.15) is 4.31 Å². The van der Waals surface area contributed by atoms with E-state index in [1.807, 2.05) is 18.2 Å². The van der Waals surface area contributed by atoms with Crippen molar-refractivity contribution >= 4 is 20.0 Å². The lowest BCUT2D eigenvalue weighted by molar-refractivity contribution is 0.180. The summed E-state index contributed by atoms with van der Waals surface area (Å²) in [6.45, 7) is 2.70. The van der Waals surface area contributed by atoms with Crippen LogP contribution in [0.5, 0.6) is 0 Å². The highest BCUT2D eigenvalue weighted by molar-refractivity contribution is 7.89. The summed E-state index contributed by atoms with van der Waals surface area (Å²) in [5.41, 5.74) is 0.959. The predicted molar refractivity (Wildman–Crippen MR) is 108 cm³/mol. The van der Waals surface area contributed by atoms with Crippen LogP contribution >= 0.6 is 0 Å². The minimum absolute atomic E-state index is 0.00536. The van der Waals surface area contributed by atoms with Gasteiger partial charge in [-0.25, -0.2) is 21.6 Å². The molecule has 1 N–H and O–H groups in total. The maximum Gasteiger partial charge on any atom is 0.243 e. The number of pyridine rings is 1. The molecule has 2 aliphatic rings. The number of hydrogen-bond donors (Lipinski definition) is 1. The molecule has 0 unspecified atom stereocenters. The smallest absolute Gasteiger partial charge is 0.243 e. The van der Waals surface area contributed by atoms with Crippen LogP contribution in [0.1, 0.15) is 18.5 Å². The standard InChI is InChI=1S/C19H24N4O4S2/c24-28(25,21-16-4-5-16)18-6-8-19(9-7-18)29(26,27)23-13-11-22(12-14-23)15-17-3-1-2-10-20-17/h1-3,6-10,16,21H,4-5,11-15H2. The van der Waals surface area contributed by atoms with Crippen LogP contribution in [-0.4, -0.2) is 63.2 Å². The van der Waals surface area contributed by atoms with E-state index in [2.05, 4.69) is 14.6 Å². The van der Waals surface area contributed by atoms with Gasteiger partial charge in [0.05, 0.1) is 15.5 Å². The first-order valence-corrected chi connectivity index (χ1v) is 12.5. The molecule has 0 atom stereocenters. The first kappa shape index (κ1) is 20.4. The molecule has 2 fully saturated rings. The lowest BCUT2D eigenvalue weighted by atomic mass is 10.3. The fourth-order valence-electron chi connectivity index (χ4n) is 3.28. The second-order valence-electron chi connectivity index (χ2n) is 7.37. The number of aromatic nitrogens is 1. The Kier molecular flexibility index (Phi) is 5.71. The van der Waals surface area contributed by atoms with Crippen molar-refractivity contribution in [3.05, 3.63) is 54.4 Å². The van der Waals surface area contributed by atoms with Crippen molar-refractivity contribution in [1.82, 2.24) is 18.9 Å². The van der Waals surface area contributed by atoms with Gasteiger partial charge in [-0.15, -0.1) is 0 Å². The van der Waals surface area contributed by atoms with E-state index >= 15 is 0 Å². The van der Waals surface area contributed by atoms with Crippen molar-refractivity contribution in [2.24, 2.45) is 0 Å². The first-order chi connectivity index (χ1) is 13.8. The molecule has 1 aliphatic heterocycles. The monoisotopic (exact) mass is 436 g/mol. The molecule has 10 heteroatoms. The third kappa shape index (κ3) is 4.84. The van der Waals surface area contributed by atoms with E-state index in [9.17, 15) is 16.8 Å². The molecule has 0 spiro atoms. The first-order valence-electron chi connectivity index (χ1n) is 9.59. The average Bonchev–Trinajstić information content (AvgIpc) is 3.53. The zero-order chi connectivity index (χ0) is 20.5. The maximum absolute atomic E-state index is 12.9. The third-order valence-corrected chi connectivity index (χ3v) is 8.56. The van der Waals surface area contributed by atoms with Crippen LogP contribution in [0, 0.1) is 0 Å². The van der Waals surface area contributed by atoms with Crippen LogP contribution < -0.4 is 4.72 Å². The topological polar surface area (TPSA) is 99.7 Å². The number of hydrogen-bond acceptors (Lipinski definition) is 6. The van der Waals surface area contributed by atoms with Gasteiger partial charge < -0.3 is 0 Å². The zero-order valence-corrected chi connectivity index (χ0v) is 17.6. The van der Waals surface area contributed by atoms with Crippen LogP contribution in [0.4, 0.5) is 0 Å². The number of nitrogens with zero attached hydrogens (tertiary/aromatic N) is 3. The Morgan fingerprint density at radius 3 is 2.14 bits per heavy atom. The summed E-state index contributed by atoms with van der Waals surface area (Å²) in [6, 6.07) is 11.2. The molecule has 4 rings (SSSR count). The molecule has 1 saturated heterocycles. The van der Waals surface area contributed by atoms with Gasteiger partial charge in [-0.3, -0.25) is 9.88 Å². The lowest BCUT2D eigenvalue weighted by Crippen LogP contribution is -2.48. The quantitative estimate of drug-likeness (QED) is 0.696. The molecule has 1 aromatic heterocycles. The molecule has 8 nitrogen and oxygen atoms in total. The summed E-state index contributed by atoms with van der Waals surface area (Å²) in [5.74, 6) is 0. The Morgan fingerprint density at radius 2 is 1.55 bits per heavy atom. The Morgan fingerprint density at radius 1 is 0.897 bits per heavy atom. The van der Waals surface area contributed by atoms with Gasteiger partial charge >= 0.3 is 0 Å². The van der Waals surface area contributed by atoms with Gasteiger partial charge in [0.1, 0.15) is 0 Å². The van der Waals surface area contributed by atoms with Crippen molar-refractivity contribution in [1.29, 1.82) is 0 Å². The molecule has 156 valence electrons. The third-order valence-electron chi connectivity index (χ3n) is 5.11. The molecule has 0 radical (unpaired) electrons. The van der Waals surface area contributed by atoms with Crippen molar-refractivity contribution in [3.63, 3.8) is 0 Å². The van der Waals surface area contributed by atoms with E-state index in [-0.39, 0.29) is 15.8 Å². The van der Waals surface area contributed by atoms with Crippen LogP contribution in [0.3, 0.4) is 0 Å². The fourth-order valence-corrected chi connectivity index (χ4v) is 6.00. The van der Waals surface area contributed by atoms with E-state index in [4.69, 9.17) is 0 Å². The number of sulfonamides is 2. The summed E-state index contributed by atoms with van der Waals surface area (Å²) >= 11 is 0. The van der Waals surface area contributed by atoms with Gasteiger partial charge in [0, 0.05) is 45.0 Å².